The van der Waals surface area contributed by atoms with Gasteiger partial charge in [-0.1, -0.05) is 45.1 Å². The molecule has 1 aromatic rings. The topological polar surface area (TPSA) is 80.0 Å². The van der Waals surface area contributed by atoms with Crippen molar-refractivity contribution in [1.82, 2.24) is 9.80 Å². The highest BCUT2D eigenvalue weighted by molar-refractivity contribution is 5.89. The number of aldehydes is 1. The Hall–Kier alpha value is -3.40. The van der Waals surface area contributed by atoms with Crippen molar-refractivity contribution in [1.29, 1.82) is 5.26 Å². The number of hydrogen-bond acceptors (Lipinski definition) is 6. The van der Waals surface area contributed by atoms with Gasteiger partial charge in [0.05, 0.1) is 6.04 Å². The van der Waals surface area contributed by atoms with E-state index in [0.29, 0.717) is 0 Å². The maximum atomic E-state index is 13.3. The molecule has 36 heavy (non-hydrogen) atoms. The molecule has 2 atom stereocenters. The van der Waals surface area contributed by atoms with Crippen molar-refractivity contribution < 1.29 is 9.59 Å². The summed E-state index contributed by atoms with van der Waals surface area (Å²) in [5, 5.41) is 8.38. The third kappa shape index (κ3) is 7.55. The SMILES string of the molecule is C=N/C=C(\C=C/C)C(C(=O)N1CCCC1)N(C)c1ccc(C(C)(C)C)cc1.N#CN1CCC[C@@H]1C=O. The Labute approximate surface area is 216 Å². The van der Waals surface area contributed by atoms with E-state index in [0.717, 1.165) is 62.9 Å². The van der Waals surface area contributed by atoms with Crippen LogP contribution in [0.3, 0.4) is 0 Å². The second-order valence-electron chi connectivity index (χ2n) is 10.3. The highest BCUT2D eigenvalue weighted by atomic mass is 16.2. The van der Waals surface area contributed by atoms with Crippen LogP contribution in [-0.4, -0.2) is 67.5 Å². The zero-order chi connectivity index (χ0) is 26.7. The van der Waals surface area contributed by atoms with Crippen molar-refractivity contribution in [3.05, 3.63) is 53.8 Å². The first kappa shape index (κ1) is 28.8. The molecule has 2 aliphatic rings. The summed E-state index contributed by atoms with van der Waals surface area (Å²) in [6.07, 6.45) is 12.4. The minimum Gasteiger partial charge on any atom is -0.359 e. The van der Waals surface area contributed by atoms with Gasteiger partial charge in [0.1, 0.15) is 12.3 Å². The molecule has 7 nitrogen and oxygen atoms in total. The summed E-state index contributed by atoms with van der Waals surface area (Å²) in [4.78, 5) is 33.0. The minimum atomic E-state index is -0.412. The molecular formula is C29H41N5O2. The predicted molar refractivity (Wildman–Crippen MR) is 147 cm³/mol. The van der Waals surface area contributed by atoms with Gasteiger partial charge in [0.25, 0.3) is 0 Å². The monoisotopic (exact) mass is 491 g/mol. The maximum Gasteiger partial charge on any atom is 0.249 e. The smallest absolute Gasteiger partial charge is 0.249 e. The van der Waals surface area contributed by atoms with Crippen LogP contribution in [0.15, 0.2) is 53.2 Å². The highest BCUT2D eigenvalue weighted by Crippen LogP contribution is 2.28. The van der Waals surface area contributed by atoms with Crippen LogP contribution < -0.4 is 4.90 Å². The molecule has 1 aromatic carbocycles. The summed E-state index contributed by atoms with van der Waals surface area (Å²) in [6.45, 7) is 14.6. The van der Waals surface area contributed by atoms with E-state index in [4.69, 9.17) is 5.26 Å². The fourth-order valence-electron chi connectivity index (χ4n) is 4.55. The van der Waals surface area contributed by atoms with Gasteiger partial charge in [-0.05, 0) is 62.4 Å². The minimum absolute atomic E-state index is 0.102. The molecule has 0 N–H and O–H groups in total. The number of likely N-dealkylation sites (N-methyl/N-ethyl adjacent to an activating group) is 1. The van der Waals surface area contributed by atoms with Crippen molar-refractivity contribution in [2.75, 3.05) is 31.6 Å². The number of nitrogens with zero attached hydrogens (tertiary/aromatic N) is 5. The summed E-state index contributed by atoms with van der Waals surface area (Å²) in [6, 6.07) is 7.95. The molecule has 7 heteroatoms. The fraction of sp³-hybridized carbons (Fsp3) is 0.517. The van der Waals surface area contributed by atoms with Crippen LogP contribution in [0.4, 0.5) is 5.69 Å². The van der Waals surface area contributed by atoms with Crippen LogP contribution in [0, 0.1) is 11.5 Å². The standard InChI is InChI=1S/C23H33N3O.C6H8N2O/c1-7-10-18(17-24-5)21(22(27)26-15-8-9-16-26)25(6)20-13-11-19(12-14-20)23(2,3)4;7-5-8-3-1-2-6(8)4-9/h7,10-14,17,21H,5,8-9,15-16H2,1-4,6H3;4,6H,1-3H2/b10-7-,18-17+;/t;6-/m.1/s1. The van der Waals surface area contributed by atoms with Gasteiger partial charge in [0, 0.05) is 44.1 Å². The van der Waals surface area contributed by atoms with E-state index in [-0.39, 0.29) is 17.4 Å². The molecule has 3 rings (SSSR count). The molecular weight excluding hydrogens is 450 g/mol. The third-order valence-electron chi connectivity index (χ3n) is 6.68. The number of hydrogen-bond donors (Lipinski definition) is 0. The summed E-state index contributed by atoms with van der Waals surface area (Å²) in [5.41, 5.74) is 3.25. The molecule has 2 fully saturated rings. The van der Waals surface area contributed by atoms with Crippen LogP contribution in [0.2, 0.25) is 0 Å². The number of anilines is 1. The van der Waals surface area contributed by atoms with E-state index in [1.54, 1.807) is 6.20 Å². The molecule has 2 heterocycles. The van der Waals surface area contributed by atoms with E-state index in [1.165, 1.54) is 10.5 Å². The Bertz CT molecular complexity index is 978. The van der Waals surface area contributed by atoms with Crippen molar-refractivity contribution >= 4 is 24.6 Å². The van der Waals surface area contributed by atoms with E-state index in [9.17, 15) is 9.59 Å². The maximum absolute atomic E-state index is 13.3. The van der Waals surface area contributed by atoms with E-state index in [1.807, 2.05) is 42.1 Å². The molecule has 2 saturated heterocycles. The van der Waals surface area contributed by atoms with Gasteiger partial charge < -0.3 is 19.5 Å². The lowest BCUT2D eigenvalue weighted by Gasteiger charge is -2.33. The lowest BCUT2D eigenvalue weighted by molar-refractivity contribution is -0.130. The zero-order valence-corrected chi connectivity index (χ0v) is 22.5. The Kier molecular flexibility index (Phi) is 10.9. The zero-order valence-electron chi connectivity index (χ0n) is 22.5. The van der Waals surface area contributed by atoms with Gasteiger partial charge in [-0.15, -0.1) is 0 Å². The Morgan fingerprint density at radius 3 is 2.31 bits per heavy atom. The number of rotatable bonds is 7. The summed E-state index contributed by atoms with van der Waals surface area (Å²) in [5.74, 6) is 0.128. The Morgan fingerprint density at radius 1 is 1.19 bits per heavy atom. The number of likely N-dealkylation sites (tertiary alicyclic amines) is 2. The number of benzene rings is 1. The van der Waals surface area contributed by atoms with Crippen molar-refractivity contribution in [3.8, 4) is 6.19 Å². The molecule has 0 aromatic heterocycles. The van der Waals surface area contributed by atoms with Gasteiger partial charge in [-0.3, -0.25) is 9.79 Å². The first-order valence-electron chi connectivity index (χ1n) is 12.7. The quantitative estimate of drug-likeness (QED) is 0.239. The van der Waals surface area contributed by atoms with E-state index >= 15 is 0 Å². The van der Waals surface area contributed by atoms with Gasteiger partial charge >= 0.3 is 0 Å². The van der Waals surface area contributed by atoms with E-state index < -0.39 is 6.04 Å². The average molecular weight is 492 g/mol. The lowest BCUT2D eigenvalue weighted by Crippen LogP contribution is -2.47. The number of allylic oxidation sites excluding steroid dienone is 1. The number of nitriles is 1. The highest BCUT2D eigenvalue weighted by Gasteiger charge is 2.32. The van der Waals surface area contributed by atoms with Gasteiger partial charge in [-0.2, -0.15) is 5.26 Å². The molecule has 0 saturated carbocycles. The summed E-state index contributed by atoms with van der Waals surface area (Å²) in [7, 11) is 1.98. The molecule has 194 valence electrons. The fourth-order valence-corrected chi connectivity index (χ4v) is 4.55. The van der Waals surface area contributed by atoms with Crippen molar-refractivity contribution in [2.45, 2.75) is 70.9 Å². The second-order valence-corrected chi connectivity index (χ2v) is 10.3. The molecule has 0 radical (unpaired) electrons. The Morgan fingerprint density at radius 2 is 1.83 bits per heavy atom. The van der Waals surface area contributed by atoms with Gasteiger partial charge in [0.2, 0.25) is 5.91 Å². The lowest BCUT2D eigenvalue weighted by atomic mass is 9.87. The van der Waals surface area contributed by atoms with Crippen LogP contribution in [0.25, 0.3) is 0 Å². The molecule has 0 aliphatic carbocycles. The van der Waals surface area contributed by atoms with Crippen LogP contribution in [0.5, 0.6) is 0 Å². The largest absolute Gasteiger partial charge is 0.359 e. The summed E-state index contributed by atoms with van der Waals surface area (Å²) < 4.78 is 0. The van der Waals surface area contributed by atoms with Crippen LogP contribution in [0.1, 0.15) is 58.9 Å². The van der Waals surface area contributed by atoms with E-state index in [2.05, 4.69) is 56.7 Å². The number of amides is 1. The Balaban J connectivity index is 0.000000425. The van der Waals surface area contributed by atoms with Crippen molar-refractivity contribution in [2.24, 2.45) is 4.99 Å². The molecule has 2 aliphatic heterocycles. The molecule has 1 amide bonds. The molecule has 1 unspecified atom stereocenters. The first-order valence-corrected chi connectivity index (χ1v) is 12.7. The first-order chi connectivity index (χ1) is 17.2. The normalized spacial score (nSPS) is 18.9. The third-order valence-corrected chi connectivity index (χ3v) is 6.68. The van der Waals surface area contributed by atoms with Crippen LogP contribution in [-0.2, 0) is 15.0 Å². The van der Waals surface area contributed by atoms with Crippen LogP contribution >= 0.6 is 0 Å². The second kappa shape index (κ2) is 13.6. The molecule has 0 spiro atoms. The molecule has 0 bridgehead atoms. The number of aliphatic imine (C=N–C) groups is 1. The number of carbonyl (C=O) groups excluding carboxylic acids is 2. The average Bonchev–Trinajstić information content (AvgIpc) is 3.56. The summed E-state index contributed by atoms with van der Waals surface area (Å²) >= 11 is 0. The number of carbonyl (C=O) groups is 2. The van der Waals surface area contributed by atoms with Gasteiger partial charge in [-0.25, -0.2) is 0 Å². The predicted octanol–water partition coefficient (Wildman–Crippen LogP) is 4.70. The van der Waals surface area contributed by atoms with Gasteiger partial charge in [0.15, 0.2) is 6.19 Å². The van der Waals surface area contributed by atoms with Crippen molar-refractivity contribution in [3.63, 3.8) is 0 Å².